The molecule has 0 radical (unpaired) electrons. The van der Waals surface area contributed by atoms with Crippen molar-refractivity contribution in [1.29, 1.82) is 0 Å². The molecule has 2 heteroatoms. The highest BCUT2D eigenvalue weighted by Gasteiger charge is 2.23. The molecule has 2 nitrogen and oxygen atoms in total. The van der Waals surface area contributed by atoms with E-state index >= 15 is 0 Å². The fourth-order valence-electron chi connectivity index (χ4n) is 2.50. The van der Waals surface area contributed by atoms with Crippen LogP contribution in [-0.4, -0.2) is 24.8 Å². The van der Waals surface area contributed by atoms with Gasteiger partial charge >= 0.3 is 0 Å². The summed E-state index contributed by atoms with van der Waals surface area (Å²) in [5, 5.41) is 9.42. The van der Waals surface area contributed by atoms with Crippen LogP contribution in [-0.2, 0) is 6.42 Å². The van der Waals surface area contributed by atoms with E-state index in [0.29, 0.717) is 0 Å². The molecule has 0 saturated heterocycles. The number of anilines is 1. The molecule has 0 amide bonds. The van der Waals surface area contributed by atoms with Crippen molar-refractivity contribution < 1.29 is 5.11 Å². The summed E-state index contributed by atoms with van der Waals surface area (Å²) in [6.07, 6.45) is 3.70. The van der Waals surface area contributed by atoms with Crippen molar-refractivity contribution in [2.45, 2.75) is 33.1 Å². The van der Waals surface area contributed by atoms with Crippen molar-refractivity contribution in [2.75, 3.05) is 24.6 Å². The topological polar surface area (TPSA) is 23.5 Å². The van der Waals surface area contributed by atoms with Crippen LogP contribution >= 0.6 is 0 Å². The molecular weight excluding hydrogens is 210 g/mol. The summed E-state index contributed by atoms with van der Waals surface area (Å²) in [5.74, 6) is 0. The van der Waals surface area contributed by atoms with Crippen LogP contribution in [0.15, 0.2) is 24.3 Å². The number of aliphatic hydroxyl groups is 1. The molecule has 0 saturated carbocycles. The minimum atomic E-state index is -0.0303. The Kier molecular flexibility index (Phi) is 3.72. The molecule has 0 fully saturated rings. The Balaban J connectivity index is 2.23. The molecule has 0 unspecified atom stereocenters. The summed E-state index contributed by atoms with van der Waals surface area (Å²) in [4.78, 5) is 2.44. The summed E-state index contributed by atoms with van der Waals surface area (Å²) in [7, 11) is 0. The molecular formula is C15H23NO. The minimum Gasteiger partial charge on any atom is -0.396 e. The van der Waals surface area contributed by atoms with E-state index in [0.717, 1.165) is 13.1 Å². The largest absolute Gasteiger partial charge is 0.396 e. The quantitative estimate of drug-likeness (QED) is 0.867. The van der Waals surface area contributed by atoms with Crippen molar-refractivity contribution >= 4 is 5.69 Å². The highest BCUT2D eigenvalue weighted by atomic mass is 16.3. The molecule has 17 heavy (non-hydrogen) atoms. The van der Waals surface area contributed by atoms with E-state index in [1.807, 2.05) is 0 Å². The van der Waals surface area contributed by atoms with Gasteiger partial charge in [0.15, 0.2) is 0 Å². The fourth-order valence-corrected chi connectivity index (χ4v) is 2.50. The van der Waals surface area contributed by atoms with Gasteiger partial charge in [-0.25, -0.2) is 0 Å². The molecule has 1 aromatic carbocycles. The second kappa shape index (κ2) is 5.09. The van der Waals surface area contributed by atoms with Crippen molar-refractivity contribution in [1.82, 2.24) is 0 Å². The summed E-state index contributed by atoms with van der Waals surface area (Å²) in [6.45, 7) is 6.54. The van der Waals surface area contributed by atoms with Gasteiger partial charge in [-0.3, -0.25) is 0 Å². The minimum absolute atomic E-state index is 0.0303. The lowest BCUT2D eigenvalue weighted by atomic mass is 9.93. The van der Waals surface area contributed by atoms with Gasteiger partial charge in [0.25, 0.3) is 0 Å². The Labute approximate surface area is 104 Å². The van der Waals surface area contributed by atoms with Crippen LogP contribution in [0.2, 0.25) is 0 Å². The molecule has 0 atom stereocenters. The third-order valence-electron chi connectivity index (χ3n) is 3.50. The van der Waals surface area contributed by atoms with Gasteiger partial charge in [0.05, 0.1) is 0 Å². The highest BCUT2D eigenvalue weighted by molar-refractivity contribution is 5.54. The number of aliphatic hydroxyl groups excluding tert-OH is 1. The molecule has 94 valence electrons. The lowest BCUT2D eigenvalue weighted by Crippen LogP contribution is -2.37. The molecule has 1 heterocycles. The monoisotopic (exact) mass is 233 g/mol. The van der Waals surface area contributed by atoms with E-state index in [1.165, 1.54) is 30.5 Å². The Morgan fingerprint density at radius 2 is 2.00 bits per heavy atom. The second-order valence-corrected chi connectivity index (χ2v) is 5.83. The fraction of sp³-hybridized carbons (Fsp3) is 0.600. The highest BCUT2D eigenvalue weighted by Crippen LogP contribution is 2.29. The smallest absolute Gasteiger partial charge is 0.0499 e. The maximum atomic E-state index is 9.42. The van der Waals surface area contributed by atoms with Gasteiger partial charge in [0.1, 0.15) is 0 Å². The van der Waals surface area contributed by atoms with Gasteiger partial charge in [0.2, 0.25) is 0 Å². The zero-order valence-electron chi connectivity index (χ0n) is 10.9. The van der Waals surface area contributed by atoms with Gasteiger partial charge in [-0.1, -0.05) is 32.0 Å². The van der Waals surface area contributed by atoms with Crippen molar-refractivity contribution in [3.63, 3.8) is 0 Å². The van der Waals surface area contributed by atoms with E-state index in [2.05, 4.69) is 43.0 Å². The zero-order chi connectivity index (χ0) is 12.3. The predicted octanol–water partition coefficient (Wildman–Crippen LogP) is 2.85. The second-order valence-electron chi connectivity index (χ2n) is 5.83. The third-order valence-corrected chi connectivity index (χ3v) is 3.50. The molecule has 2 rings (SSSR count). The number of benzene rings is 1. The van der Waals surface area contributed by atoms with Crippen LogP contribution < -0.4 is 4.90 Å². The number of hydrogen-bond donors (Lipinski definition) is 1. The van der Waals surface area contributed by atoms with Gasteiger partial charge < -0.3 is 10.0 Å². The van der Waals surface area contributed by atoms with Crippen LogP contribution in [0.1, 0.15) is 32.3 Å². The lowest BCUT2D eigenvalue weighted by molar-refractivity contribution is 0.164. The first-order chi connectivity index (χ1) is 8.12. The number of para-hydroxylation sites is 1. The number of fused-ring (bicyclic) bond motifs is 1. The van der Waals surface area contributed by atoms with E-state index in [-0.39, 0.29) is 12.0 Å². The van der Waals surface area contributed by atoms with Gasteiger partial charge in [0, 0.05) is 30.8 Å². The average Bonchev–Trinajstić information content (AvgIpc) is 2.52. The first kappa shape index (κ1) is 12.4. The molecule has 0 aromatic heterocycles. The molecule has 0 aliphatic carbocycles. The van der Waals surface area contributed by atoms with Gasteiger partial charge in [-0.2, -0.15) is 0 Å². The maximum Gasteiger partial charge on any atom is 0.0499 e. The molecule has 0 spiro atoms. The summed E-state index contributed by atoms with van der Waals surface area (Å²) in [5.41, 5.74) is 2.79. The van der Waals surface area contributed by atoms with E-state index < -0.39 is 0 Å². The first-order valence-corrected chi connectivity index (χ1v) is 6.56. The number of hydrogen-bond acceptors (Lipinski definition) is 2. The maximum absolute atomic E-state index is 9.42. The Hall–Kier alpha value is -1.02. The van der Waals surface area contributed by atoms with Crippen LogP contribution in [0.5, 0.6) is 0 Å². The van der Waals surface area contributed by atoms with Crippen molar-refractivity contribution in [2.24, 2.45) is 5.41 Å². The Morgan fingerprint density at radius 3 is 2.76 bits per heavy atom. The molecule has 1 aliphatic rings. The van der Waals surface area contributed by atoms with E-state index in [4.69, 9.17) is 0 Å². The first-order valence-electron chi connectivity index (χ1n) is 6.56. The summed E-state index contributed by atoms with van der Waals surface area (Å²) >= 11 is 0. The van der Waals surface area contributed by atoms with Crippen molar-refractivity contribution in [3.05, 3.63) is 29.8 Å². The Morgan fingerprint density at radius 1 is 1.24 bits per heavy atom. The zero-order valence-corrected chi connectivity index (χ0v) is 10.9. The SMILES string of the molecule is CC(C)(CO)CN1CCCCc2ccccc21. The van der Waals surface area contributed by atoms with Crippen LogP contribution in [0.4, 0.5) is 5.69 Å². The van der Waals surface area contributed by atoms with Gasteiger partial charge in [-0.05, 0) is 30.9 Å². The molecule has 1 N–H and O–H groups in total. The number of rotatable bonds is 3. The molecule has 1 aromatic rings. The number of nitrogens with zero attached hydrogens (tertiary/aromatic N) is 1. The van der Waals surface area contributed by atoms with Crippen LogP contribution in [0.3, 0.4) is 0 Å². The van der Waals surface area contributed by atoms with Gasteiger partial charge in [-0.15, -0.1) is 0 Å². The predicted molar refractivity (Wildman–Crippen MR) is 72.5 cm³/mol. The normalized spacial score (nSPS) is 16.5. The standard InChI is InChI=1S/C15H23NO/c1-15(2,12-17)11-16-10-6-5-8-13-7-3-4-9-14(13)16/h3-4,7,9,17H,5-6,8,10-12H2,1-2H3. The van der Waals surface area contributed by atoms with Crippen LogP contribution in [0.25, 0.3) is 0 Å². The van der Waals surface area contributed by atoms with Crippen molar-refractivity contribution in [3.8, 4) is 0 Å². The average molecular weight is 233 g/mol. The van der Waals surface area contributed by atoms with E-state index in [1.54, 1.807) is 0 Å². The summed E-state index contributed by atoms with van der Waals surface area (Å²) in [6, 6.07) is 8.69. The summed E-state index contributed by atoms with van der Waals surface area (Å²) < 4.78 is 0. The lowest BCUT2D eigenvalue weighted by Gasteiger charge is -2.33. The number of aryl methyl sites for hydroxylation is 1. The third kappa shape index (κ3) is 3.01. The van der Waals surface area contributed by atoms with Crippen LogP contribution in [0, 0.1) is 5.41 Å². The van der Waals surface area contributed by atoms with E-state index in [9.17, 15) is 5.11 Å². The molecule has 0 bridgehead atoms. The molecule has 1 aliphatic heterocycles. The Bertz CT molecular complexity index is 373.